The minimum absolute atomic E-state index is 0.0861. The minimum atomic E-state index is 0.0861. The zero-order valence-electron chi connectivity index (χ0n) is 9.97. The molecular weight excluding hydrogens is 240 g/mol. The molecule has 1 N–H and O–H groups in total. The van der Waals surface area contributed by atoms with Crippen molar-refractivity contribution in [2.45, 2.75) is 6.42 Å². The van der Waals surface area contributed by atoms with Crippen LogP contribution in [0.25, 0.3) is 0 Å². The highest BCUT2D eigenvalue weighted by Crippen LogP contribution is 2.10. The summed E-state index contributed by atoms with van der Waals surface area (Å²) in [5.74, 6) is 6.36. The fourth-order valence-corrected chi connectivity index (χ4v) is 2.17. The standard InChI is InChI=1S/C16H14OS/c17-11-4-3-7-15-5-1-2-6-16(15)9-8-14-10-12-18-13-14/h1-6,10,12-13,17H,7,11H2/b4-3+. The molecule has 0 aliphatic heterocycles. The lowest BCUT2D eigenvalue weighted by Crippen LogP contribution is -1.87. The van der Waals surface area contributed by atoms with E-state index >= 15 is 0 Å². The van der Waals surface area contributed by atoms with Crippen LogP contribution in [-0.2, 0) is 6.42 Å². The van der Waals surface area contributed by atoms with Crippen LogP contribution in [0.15, 0.2) is 53.2 Å². The van der Waals surface area contributed by atoms with Gasteiger partial charge in [-0.1, -0.05) is 42.2 Å². The van der Waals surface area contributed by atoms with Gasteiger partial charge in [-0.15, -0.1) is 0 Å². The molecule has 0 unspecified atom stereocenters. The molecule has 0 amide bonds. The molecule has 2 rings (SSSR count). The summed E-state index contributed by atoms with van der Waals surface area (Å²) in [6.45, 7) is 0.0861. The number of aliphatic hydroxyl groups is 1. The molecule has 0 aliphatic carbocycles. The molecule has 0 bridgehead atoms. The van der Waals surface area contributed by atoms with Gasteiger partial charge in [-0.2, -0.15) is 11.3 Å². The van der Waals surface area contributed by atoms with Gasteiger partial charge in [-0.25, -0.2) is 0 Å². The molecule has 0 atom stereocenters. The third kappa shape index (κ3) is 3.59. The van der Waals surface area contributed by atoms with Crippen molar-refractivity contribution in [1.29, 1.82) is 0 Å². The summed E-state index contributed by atoms with van der Waals surface area (Å²) < 4.78 is 0. The van der Waals surface area contributed by atoms with E-state index in [1.165, 1.54) is 5.56 Å². The molecule has 0 radical (unpaired) electrons. The smallest absolute Gasteiger partial charge is 0.0612 e. The van der Waals surface area contributed by atoms with Gasteiger partial charge in [-0.05, 0) is 29.5 Å². The second-order valence-electron chi connectivity index (χ2n) is 3.78. The molecule has 90 valence electrons. The van der Waals surface area contributed by atoms with E-state index in [1.807, 2.05) is 41.1 Å². The maximum absolute atomic E-state index is 8.73. The average molecular weight is 254 g/mol. The first kappa shape index (κ1) is 12.6. The summed E-state index contributed by atoms with van der Waals surface area (Å²) in [7, 11) is 0. The van der Waals surface area contributed by atoms with Crippen LogP contribution in [0, 0.1) is 11.8 Å². The number of hydrogen-bond acceptors (Lipinski definition) is 2. The van der Waals surface area contributed by atoms with E-state index < -0.39 is 0 Å². The monoisotopic (exact) mass is 254 g/mol. The third-order valence-corrected chi connectivity index (χ3v) is 3.17. The zero-order valence-corrected chi connectivity index (χ0v) is 10.8. The van der Waals surface area contributed by atoms with Crippen LogP contribution in [0.4, 0.5) is 0 Å². The van der Waals surface area contributed by atoms with Gasteiger partial charge in [-0.3, -0.25) is 0 Å². The lowest BCUT2D eigenvalue weighted by molar-refractivity contribution is 0.342. The molecule has 0 saturated carbocycles. The molecule has 2 heteroatoms. The van der Waals surface area contributed by atoms with E-state index in [0.29, 0.717) is 0 Å². The second kappa shape index (κ2) is 6.80. The van der Waals surface area contributed by atoms with E-state index in [2.05, 4.69) is 17.9 Å². The summed E-state index contributed by atoms with van der Waals surface area (Å²) in [6.07, 6.45) is 4.52. The summed E-state index contributed by atoms with van der Waals surface area (Å²) in [5, 5.41) is 12.8. The van der Waals surface area contributed by atoms with Crippen molar-refractivity contribution in [3.63, 3.8) is 0 Å². The lowest BCUT2D eigenvalue weighted by Gasteiger charge is -2.00. The second-order valence-corrected chi connectivity index (χ2v) is 4.56. The van der Waals surface area contributed by atoms with Crippen LogP contribution in [0.1, 0.15) is 16.7 Å². The van der Waals surface area contributed by atoms with Gasteiger partial charge in [0.25, 0.3) is 0 Å². The van der Waals surface area contributed by atoms with Crippen molar-refractivity contribution < 1.29 is 5.11 Å². The molecule has 1 aromatic carbocycles. The quantitative estimate of drug-likeness (QED) is 0.658. The maximum Gasteiger partial charge on any atom is 0.0612 e. The van der Waals surface area contributed by atoms with E-state index in [1.54, 1.807) is 17.4 Å². The minimum Gasteiger partial charge on any atom is -0.392 e. The van der Waals surface area contributed by atoms with Crippen LogP contribution < -0.4 is 0 Å². The van der Waals surface area contributed by atoms with Gasteiger partial charge in [0, 0.05) is 16.5 Å². The molecular formula is C16H14OS. The van der Waals surface area contributed by atoms with Crippen molar-refractivity contribution in [3.8, 4) is 11.8 Å². The highest BCUT2D eigenvalue weighted by atomic mass is 32.1. The van der Waals surface area contributed by atoms with Crippen LogP contribution in [-0.4, -0.2) is 11.7 Å². The van der Waals surface area contributed by atoms with Crippen LogP contribution >= 0.6 is 11.3 Å². The number of thiophene rings is 1. The normalized spacial score (nSPS) is 10.3. The Labute approximate surface area is 111 Å². The van der Waals surface area contributed by atoms with Crippen molar-refractivity contribution >= 4 is 11.3 Å². The van der Waals surface area contributed by atoms with E-state index in [9.17, 15) is 0 Å². The largest absolute Gasteiger partial charge is 0.392 e. The summed E-state index contributed by atoms with van der Waals surface area (Å²) in [4.78, 5) is 0. The predicted molar refractivity (Wildman–Crippen MR) is 76.7 cm³/mol. The Bertz CT molecular complexity index is 571. The molecule has 1 aromatic heterocycles. The van der Waals surface area contributed by atoms with Crippen molar-refractivity contribution in [2.75, 3.05) is 6.61 Å². The van der Waals surface area contributed by atoms with Crippen molar-refractivity contribution in [2.24, 2.45) is 0 Å². The van der Waals surface area contributed by atoms with Crippen LogP contribution in [0.5, 0.6) is 0 Å². The van der Waals surface area contributed by atoms with Gasteiger partial charge in [0.15, 0.2) is 0 Å². The van der Waals surface area contributed by atoms with Gasteiger partial charge in [0.1, 0.15) is 0 Å². The molecule has 2 aromatic rings. The molecule has 0 aliphatic rings. The molecule has 0 spiro atoms. The SMILES string of the molecule is OC/C=C/Cc1ccccc1C#Cc1ccsc1. The van der Waals surface area contributed by atoms with Gasteiger partial charge in [0.2, 0.25) is 0 Å². The van der Waals surface area contributed by atoms with Gasteiger partial charge < -0.3 is 5.11 Å². The third-order valence-electron chi connectivity index (χ3n) is 2.49. The first-order chi connectivity index (χ1) is 8.90. The number of allylic oxidation sites excluding steroid dienone is 1. The molecule has 18 heavy (non-hydrogen) atoms. The number of benzene rings is 1. The first-order valence-corrected chi connectivity index (χ1v) is 6.72. The summed E-state index contributed by atoms with van der Waals surface area (Å²) >= 11 is 1.65. The molecule has 0 saturated heterocycles. The van der Waals surface area contributed by atoms with E-state index in [0.717, 1.165) is 17.5 Å². The predicted octanol–water partition coefficient (Wildman–Crippen LogP) is 3.24. The molecule has 1 nitrogen and oxygen atoms in total. The molecule has 0 fully saturated rings. The average Bonchev–Trinajstić information content (AvgIpc) is 2.91. The number of hydrogen-bond donors (Lipinski definition) is 1. The lowest BCUT2D eigenvalue weighted by atomic mass is 10.0. The molecule has 1 heterocycles. The fraction of sp³-hybridized carbons (Fsp3) is 0.125. The Morgan fingerprint density at radius 2 is 2.00 bits per heavy atom. The van der Waals surface area contributed by atoms with Crippen LogP contribution in [0.2, 0.25) is 0 Å². The highest BCUT2D eigenvalue weighted by molar-refractivity contribution is 7.08. The Kier molecular flexibility index (Phi) is 4.78. The Morgan fingerprint density at radius 3 is 2.78 bits per heavy atom. The topological polar surface area (TPSA) is 20.2 Å². The summed E-state index contributed by atoms with van der Waals surface area (Å²) in [5.41, 5.74) is 3.29. The zero-order chi connectivity index (χ0) is 12.6. The van der Waals surface area contributed by atoms with Crippen LogP contribution in [0.3, 0.4) is 0 Å². The number of aliphatic hydroxyl groups excluding tert-OH is 1. The van der Waals surface area contributed by atoms with Gasteiger partial charge in [0.05, 0.1) is 6.61 Å². The van der Waals surface area contributed by atoms with Gasteiger partial charge >= 0.3 is 0 Å². The Balaban J connectivity index is 2.19. The Hall–Kier alpha value is -1.82. The first-order valence-electron chi connectivity index (χ1n) is 5.78. The van der Waals surface area contributed by atoms with Crippen molar-refractivity contribution in [3.05, 3.63) is 69.9 Å². The number of rotatable bonds is 3. The maximum atomic E-state index is 8.73. The summed E-state index contributed by atoms with van der Waals surface area (Å²) in [6, 6.07) is 10.1. The fourth-order valence-electron chi connectivity index (χ4n) is 1.58. The van der Waals surface area contributed by atoms with Crippen molar-refractivity contribution in [1.82, 2.24) is 0 Å². The highest BCUT2D eigenvalue weighted by Gasteiger charge is 1.96. The van der Waals surface area contributed by atoms with E-state index in [4.69, 9.17) is 5.11 Å². The van der Waals surface area contributed by atoms with E-state index in [-0.39, 0.29) is 6.61 Å². The Morgan fingerprint density at radius 1 is 1.11 bits per heavy atom.